The average Bonchev–Trinajstić information content (AvgIpc) is 3.34. The molecule has 0 spiro atoms. The molecule has 0 fully saturated rings. The van der Waals surface area contributed by atoms with Gasteiger partial charge >= 0.3 is 11.9 Å². The smallest absolute Gasteiger partial charge is 0.382 e. The molecule has 8 nitrogen and oxygen atoms in total. The van der Waals surface area contributed by atoms with Crippen LogP contribution in [0.15, 0.2) is 53.4 Å². The number of hydrogen-bond acceptors (Lipinski definition) is 5. The van der Waals surface area contributed by atoms with Gasteiger partial charge in [-0.05, 0) is 18.2 Å². The van der Waals surface area contributed by atoms with Crippen LogP contribution in [0.3, 0.4) is 0 Å². The van der Waals surface area contributed by atoms with Crippen molar-refractivity contribution in [3.63, 3.8) is 0 Å². The molecule has 3 aromatic rings. The molecule has 4 rings (SSSR count). The Bertz CT molecular complexity index is 1310. The van der Waals surface area contributed by atoms with Crippen LogP contribution in [-0.4, -0.2) is 46.8 Å². The Kier molecular flexibility index (Phi) is 6.47. The van der Waals surface area contributed by atoms with Crippen LogP contribution in [0.4, 0.5) is 13.2 Å². The van der Waals surface area contributed by atoms with Gasteiger partial charge in [-0.25, -0.2) is 9.78 Å². The van der Waals surface area contributed by atoms with Crippen molar-refractivity contribution in [3.05, 3.63) is 80.9 Å². The van der Waals surface area contributed by atoms with Crippen molar-refractivity contribution in [2.24, 2.45) is 0 Å². The summed E-state index contributed by atoms with van der Waals surface area (Å²) in [4.78, 5) is 17.3. The summed E-state index contributed by atoms with van der Waals surface area (Å²) in [5.41, 5.74) is -2.03. The Labute approximate surface area is 200 Å². The number of aliphatic hydroxyl groups excluding tert-OH is 1. The summed E-state index contributed by atoms with van der Waals surface area (Å²) in [6.45, 7) is -1.33. The topological polar surface area (TPSA) is 109 Å². The summed E-state index contributed by atoms with van der Waals surface area (Å²) >= 11 is 12.4. The van der Waals surface area contributed by atoms with E-state index < -0.39 is 30.1 Å². The molecule has 13 heteroatoms. The number of H-pyrrole nitrogens is 1. The number of nitrogens with zero attached hydrogens (tertiary/aromatic N) is 4. The van der Waals surface area contributed by atoms with E-state index in [1.807, 2.05) is 0 Å². The molecule has 0 radical (unpaired) electrons. The minimum absolute atomic E-state index is 0.0228. The molecule has 0 bridgehead atoms. The number of aliphatic hydroxyl groups is 2. The van der Waals surface area contributed by atoms with Gasteiger partial charge in [0.05, 0.1) is 18.8 Å². The standard InChI is InChI=1S/C21H18Cl2F3N5O3/c22-13-6-4-12(5-7-13)16-17(23)31(19(33)30(16)10-14(32)21(24,25)26)11-15-27-18(29-28-15)20(34)8-2-1-3-9-20/h1-8,14,32,34H,9-11H2,(H,27,28,29)/t14?,20-/m1/s1. The Morgan fingerprint density at radius 1 is 1.18 bits per heavy atom. The number of halogens is 5. The molecule has 180 valence electrons. The van der Waals surface area contributed by atoms with E-state index in [0.717, 1.165) is 9.13 Å². The van der Waals surface area contributed by atoms with E-state index >= 15 is 0 Å². The number of benzene rings is 1. The fourth-order valence-electron chi connectivity index (χ4n) is 3.51. The third kappa shape index (κ3) is 4.69. The van der Waals surface area contributed by atoms with E-state index in [0.29, 0.717) is 10.6 Å². The highest BCUT2D eigenvalue weighted by molar-refractivity contribution is 6.32. The zero-order valence-electron chi connectivity index (χ0n) is 17.3. The van der Waals surface area contributed by atoms with E-state index in [1.54, 1.807) is 18.2 Å². The lowest BCUT2D eigenvalue weighted by atomic mass is 9.95. The second-order valence-electron chi connectivity index (χ2n) is 7.70. The van der Waals surface area contributed by atoms with E-state index in [-0.39, 0.29) is 35.5 Å². The highest BCUT2D eigenvalue weighted by Crippen LogP contribution is 2.31. The molecule has 1 unspecified atom stereocenters. The molecule has 1 aromatic carbocycles. The first-order valence-electron chi connectivity index (χ1n) is 9.97. The minimum atomic E-state index is -4.94. The first-order chi connectivity index (χ1) is 16.0. The van der Waals surface area contributed by atoms with Gasteiger partial charge in [-0.1, -0.05) is 53.6 Å². The van der Waals surface area contributed by atoms with Gasteiger partial charge in [0, 0.05) is 17.0 Å². The number of alkyl halides is 3. The monoisotopic (exact) mass is 515 g/mol. The van der Waals surface area contributed by atoms with Crippen LogP contribution < -0.4 is 5.69 Å². The third-order valence-corrected chi connectivity index (χ3v) is 5.93. The Hall–Kier alpha value is -2.86. The number of hydrogen-bond donors (Lipinski definition) is 3. The van der Waals surface area contributed by atoms with Crippen molar-refractivity contribution in [3.8, 4) is 11.3 Å². The van der Waals surface area contributed by atoms with Crippen LogP contribution in [-0.2, 0) is 18.7 Å². The predicted octanol–water partition coefficient (Wildman–Crippen LogP) is 3.42. The number of allylic oxidation sites excluding steroid dienone is 2. The number of imidazole rings is 1. The molecular weight excluding hydrogens is 498 g/mol. The second-order valence-corrected chi connectivity index (χ2v) is 8.50. The van der Waals surface area contributed by atoms with Crippen LogP contribution >= 0.6 is 23.2 Å². The third-order valence-electron chi connectivity index (χ3n) is 5.29. The number of rotatable bonds is 6. The van der Waals surface area contributed by atoms with Crippen LogP contribution in [0.2, 0.25) is 10.2 Å². The molecule has 2 aromatic heterocycles. The molecule has 0 amide bonds. The largest absolute Gasteiger partial charge is 0.416 e. The molecule has 0 saturated heterocycles. The highest BCUT2D eigenvalue weighted by atomic mass is 35.5. The summed E-state index contributed by atoms with van der Waals surface area (Å²) in [6, 6.07) is 5.98. The molecule has 1 aliphatic carbocycles. The molecule has 3 N–H and O–H groups in total. The lowest BCUT2D eigenvalue weighted by Crippen LogP contribution is -2.37. The molecule has 2 atom stereocenters. The van der Waals surface area contributed by atoms with Gasteiger partial charge in [0.25, 0.3) is 0 Å². The SMILES string of the molecule is O=c1n(Cc2nc([C@@]3(O)C=CC=CC3)n[nH]2)c(Cl)c(-c2ccc(Cl)cc2)n1CC(O)C(F)(F)F. The maximum atomic E-state index is 13.1. The van der Waals surface area contributed by atoms with Gasteiger partial charge in [0.1, 0.15) is 16.6 Å². The summed E-state index contributed by atoms with van der Waals surface area (Å²) in [6.07, 6.45) is -0.825. The zero-order chi connectivity index (χ0) is 24.7. The van der Waals surface area contributed by atoms with Crippen LogP contribution in [0.5, 0.6) is 0 Å². The minimum Gasteiger partial charge on any atom is -0.382 e. The van der Waals surface area contributed by atoms with E-state index in [2.05, 4.69) is 15.2 Å². The van der Waals surface area contributed by atoms with Crippen LogP contribution in [0, 0.1) is 0 Å². The van der Waals surface area contributed by atoms with Gasteiger partial charge in [-0.15, -0.1) is 0 Å². The predicted molar refractivity (Wildman–Crippen MR) is 118 cm³/mol. The average molecular weight is 516 g/mol. The quantitative estimate of drug-likeness (QED) is 0.466. The van der Waals surface area contributed by atoms with Gasteiger partial charge in [-0.3, -0.25) is 14.2 Å². The van der Waals surface area contributed by atoms with Crippen molar-refractivity contribution in [1.29, 1.82) is 0 Å². The van der Waals surface area contributed by atoms with Crippen LogP contribution in [0.25, 0.3) is 11.3 Å². The fourth-order valence-corrected chi connectivity index (χ4v) is 3.98. The molecule has 1 aliphatic rings. The lowest BCUT2D eigenvalue weighted by Gasteiger charge is -2.20. The fraction of sp³-hybridized carbons (Fsp3) is 0.286. The highest BCUT2D eigenvalue weighted by Gasteiger charge is 2.39. The van der Waals surface area contributed by atoms with Gasteiger partial charge in [-0.2, -0.15) is 18.3 Å². The van der Waals surface area contributed by atoms with Gasteiger partial charge < -0.3 is 10.2 Å². The molecule has 34 heavy (non-hydrogen) atoms. The summed E-state index contributed by atoms with van der Waals surface area (Å²) < 4.78 is 40.9. The van der Waals surface area contributed by atoms with Crippen LogP contribution in [0.1, 0.15) is 18.1 Å². The number of aromatic amines is 1. The maximum Gasteiger partial charge on any atom is 0.416 e. The summed E-state index contributed by atoms with van der Waals surface area (Å²) in [5.74, 6) is 0.212. The Morgan fingerprint density at radius 3 is 2.50 bits per heavy atom. The number of aromatic nitrogens is 5. The second kappa shape index (κ2) is 9.06. The molecule has 0 saturated carbocycles. The Balaban J connectivity index is 1.74. The molecular formula is C21H18Cl2F3N5O3. The summed E-state index contributed by atoms with van der Waals surface area (Å²) in [5, 5.41) is 27.2. The van der Waals surface area contributed by atoms with E-state index in [4.69, 9.17) is 23.2 Å². The van der Waals surface area contributed by atoms with E-state index in [9.17, 15) is 28.2 Å². The number of nitrogens with one attached hydrogen (secondary N) is 1. The first kappa shape index (κ1) is 24.3. The van der Waals surface area contributed by atoms with Gasteiger partial charge in [0.2, 0.25) is 0 Å². The van der Waals surface area contributed by atoms with Crippen molar-refractivity contribution < 1.29 is 23.4 Å². The maximum absolute atomic E-state index is 13.1. The van der Waals surface area contributed by atoms with Crippen molar-refractivity contribution in [2.45, 2.75) is 37.4 Å². The van der Waals surface area contributed by atoms with Crippen molar-refractivity contribution in [2.75, 3.05) is 0 Å². The molecule has 0 aliphatic heterocycles. The normalized spacial score (nSPS) is 19.0. The Morgan fingerprint density at radius 2 is 1.88 bits per heavy atom. The first-order valence-corrected chi connectivity index (χ1v) is 10.7. The van der Waals surface area contributed by atoms with Crippen molar-refractivity contribution >= 4 is 23.2 Å². The molecule has 2 heterocycles. The van der Waals surface area contributed by atoms with E-state index in [1.165, 1.54) is 30.3 Å². The summed E-state index contributed by atoms with van der Waals surface area (Å²) in [7, 11) is 0. The lowest BCUT2D eigenvalue weighted by molar-refractivity contribution is -0.207. The zero-order valence-corrected chi connectivity index (χ0v) is 18.8. The van der Waals surface area contributed by atoms with Crippen molar-refractivity contribution in [1.82, 2.24) is 24.3 Å². The van der Waals surface area contributed by atoms with Gasteiger partial charge in [0.15, 0.2) is 11.9 Å².